The van der Waals surface area contributed by atoms with E-state index in [0.717, 1.165) is 34.8 Å². The predicted octanol–water partition coefficient (Wildman–Crippen LogP) is 2.27. The van der Waals surface area contributed by atoms with Crippen LogP contribution in [0.3, 0.4) is 0 Å². The predicted molar refractivity (Wildman–Crippen MR) is 109 cm³/mol. The van der Waals surface area contributed by atoms with E-state index < -0.39 is 0 Å². The molecule has 0 fully saturated rings. The number of nitrogens with one attached hydrogen (secondary N) is 3. The molecule has 0 saturated carbocycles. The SMILES string of the molecule is CN=C(NCCc1cccc(C(=O)NC)c1)NCc1ccc(C)c(OC)c1. The number of hydrogen-bond acceptors (Lipinski definition) is 3. The first-order valence-corrected chi connectivity index (χ1v) is 8.96. The number of ether oxygens (including phenoxy) is 1. The van der Waals surface area contributed by atoms with Crippen molar-refractivity contribution >= 4 is 11.9 Å². The molecule has 0 aliphatic rings. The summed E-state index contributed by atoms with van der Waals surface area (Å²) < 4.78 is 5.37. The fraction of sp³-hybridized carbons (Fsp3) is 0.333. The van der Waals surface area contributed by atoms with Crippen molar-refractivity contribution in [3.63, 3.8) is 0 Å². The van der Waals surface area contributed by atoms with Crippen molar-refractivity contribution in [3.8, 4) is 5.75 Å². The van der Waals surface area contributed by atoms with E-state index in [1.807, 2.05) is 43.3 Å². The number of aliphatic imine (C=N–C) groups is 1. The molecule has 0 saturated heterocycles. The van der Waals surface area contributed by atoms with Gasteiger partial charge < -0.3 is 20.7 Å². The van der Waals surface area contributed by atoms with Gasteiger partial charge in [-0.15, -0.1) is 0 Å². The number of carbonyl (C=O) groups excluding carboxylic acids is 1. The van der Waals surface area contributed by atoms with Crippen molar-refractivity contribution in [2.45, 2.75) is 19.9 Å². The van der Waals surface area contributed by atoms with E-state index in [0.29, 0.717) is 18.7 Å². The Morgan fingerprint density at radius 2 is 1.93 bits per heavy atom. The van der Waals surface area contributed by atoms with Crippen LogP contribution in [0.15, 0.2) is 47.5 Å². The second kappa shape index (κ2) is 10.2. The van der Waals surface area contributed by atoms with Crippen molar-refractivity contribution in [1.82, 2.24) is 16.0 Å². The average Bonchev–Trinajstić information content (AvgIpc) is 2.71. The summed E-state index contributed by atoms with van der Waals surface area (Å²) in [7, 11) is 5.06. The van der Waals surface area contributed by atoms with Gasteiger partial charge in [-0.25, -0.2) is 0 Å². The first kappa shape index (κ1) is 20.3. The summed E-state index contributed by atoms with van der Waals surface area (Å²) >= 11 is 0. The van der Waals surface area contributed by atoms with E-state index >= 15 is 0 Å². The van der Waals surface area contributed by atoms with Crippen LogP contribution in [0.25, 0.3) is 0 Å². The molecule has 0 aliphatic carbocycles. The smallest absolute Gasteiger partial charge is 0.251 e. The third-order valence-electron chi connectivity index (χ3n) is 4.28. The number of hydrogen-bond donors (Lipinski definition) is 3. The van der Waals surface area contributed by atoms with E-state index in [4.69, 9.17) is 4.74 Å². The van der Waals surface area contributed by atoms with Crippen molar-refractivity contribution in [2.24, 2.45) is 4.99 Å². The molecule has 2 rings (SSSR count). The second-order valence-electron chi connectivity index (χ2n) is 6.19. The van der Waals surface area contributed by atoms with Gasteiger partial charge in [0, 0.05) is 32.7 Å². The molecule has 0 aromatic heterocycles. The molecule has 3 N–H and O–H groups in total. The molecule has 6 nitrogen and oxygen atoms in total. The van der Waals surface area contributed by atoms with Crippen LogP contribution < -0.4 is 20.7 Å². The number of rotatable bonds is 7. The van der Waals surface area contributed by atoms with Crippen LogP contribution in [0.2, 0.25) is 0 Å². The van der Waals surface area contributed by atoms with Crippen molar-refractivity contribution < 1.29 is 9.53 Å². The summed E-state index contributed by atoms with van der Waals surface area (Å²) in [6.45, 7) is 3.40. The van der Waals surface area contributed by atoms with Gasteiger partial charge in [-0.3, -0.25) is 9.79 Å². The topological polar surface area (TPSA) is 74.8 Å². The van der Waals surface area contributed by atoms with E-state index in [9.17, 15) is 4.79 Å². The van der Waals surface area contributed by atoms with Crippen LogP contribution in [0.5, 0.6) is 5.75 Å². The maximum atomic E-state index is 11.7. The van der Waals surface area contributed by atoms with Crippen molar-refractivity contribution in [1.29, 1.82) is 0 Å². The monoisotopic (exact) mass is 368 g/mol. The first-order chi connectivity index (χ1) is 13.1. The minimum absolute atomic E-state index is 0.0733. The molecule has 0 spiro atoms. The Morgan fingerprint density at radius 3 is 2.63 bits per heavy atom. The first-order valence-electron chi connectivity index (χ1n) is 8.96. The van der Waals surface area contributed by atoms with E-state index in [1.54, 1.807) is 21.2 Å². The van der Waals surface area contributed by atoms with Gasteiger partial charge in [0.1, 0.15) is 5.75 Å². The number of nitrogens with zero attached hydrogens (tertiary/aromatic N) is 1. The standard InChI is InChI=1S/C21H28N4O2/c1-15-8-9-17(13-19(15)27-4)14-25-21(23-3)24-11-10-16-6-5-7-18(12-16)20(26)22-2/h5-9,12-13H,10-11,14H2,1-4H3,(H,22,26)(H2,23,24,25). The fourth-order valence-electron chi connectivity index (χ4n) is 2.72. The Hall–Kier alpha value is -3.02. The molecule has 0 unspecified atom stereocenters. The lowest BCUT2D eigenvalue weighted by molar-refractivity contribution is 0.0963. The molecule has 0 atom stereocenters. The molecule has 27 heavy (non-hydrogen) atoms. The maximum Gasteiger partial charge on any atom is 0.251 e. The van der Waals surface area contributed by atoms with Gasteiger partial charge in [0.05, 0.1) is 7.11 Å². The number of methoxy groups -OCH3 is 1. The Kier molecular flexibility index (Phi) is 7.67. The highest BCUT2D eigenvalue weighted by Gasteiger charge is 2.05. The zero-order valence-corrected chi connectivity index (χ0v) is 16.4. The van der Waals surface area contributed by atoms with E-state index in [1.165, 1.54) is 0 Å². The lowest BCUT2D eigenvalue weighted by atomic mass is 10.1. The Balaban J connectivity index is 1.85. The second-order valence-corrected chi connectivity index (χ2v) is 6.19. The zero-order chi connectivity index (χ0) is 19.6. The quantitative estimate of drug-likeness (QED) is 0.518. The van der Waals surface area contributed by atoms with E-state index in [2.05, 4.69) is 27.0 Å². The molecule has 144 valence electrons. The fourth-order valence-corrected chi connectivity index (χ4v) is 2.72. The average molecular weight is 368 g/mol. The molecule has 0 radical (unpaired) electrons. The molecular formula is C21H28N4O2. The van der Waals surface area contributed by atoms with Crippen LogP contribution in [0.1, 0.15) is 27.0 Å². The minimum Gasteiger partial charge on any atom is -0.496 e. The highest BCUT2D eigenvalue weighted by atomic mass is 16.5. The number of aryl methyl sites for hydroxylation is 1. The summed E-state index contributed by atoms with van der Waals surface area (Å²) in [5.41, 5.74) is 4.01. The normalized spacial score (nSPS) is 11.0. The summed E-state index contributed by atoms with van der Waals surface area (Å²) in [5.74, 6) is 1.54. The maximum absolute atomic E-state index is 11.7. The zero-order valence-electron chi connectivity index (χ0n) is 16.4. The van der Waals surface area contributed by atoms with Gasteiger partial charge in [0.15, 0.2) is 5.96 Å². The van der Waals surface area contributed by atoms with Gasteiger partial charge in [-0.05, 0) is 48.2 Å². The highest BCUT2D eigenvalue weighted by Crippen LogP contribution is 2.18. The number of amides is 1. The molecular weight excluding hydrogens is 340 g/mol. The summed E-state index contributed by atoms with van der Waals surface area (Å²) in [6.07, 6.45) is 0.796. The number of carbonyl (C=O) groups is 1. The molecule has 0 heterocycles. The lowest BCUT2D eigenvalue weighted by Crippen LogP contribution is -2.37. The molecule has 1 amide bonds. The van der Waals surface area contributed by atoms with Crippen LogP contribution >= 0.6 is 0 Å². The summed E-state index contributed by atoms with van der Waals surface area (Å²) in [6, 6.07) is 13.8. The van der Waals surface area contributed by atoms with Gasteiger partial charge >= 0.3 is 0 Å². The highest BCUT2D eigenvalue weighted by molar-refractivity contribution is 5.94. The van der Waals surface area contributed by atoms with Crippen LogP contribution in [-0.2, 0) is 13.0 Å². The number of guanidine groups is 1. The largest absolute Gasteiger partial charge is 0.496 e. The summed E-state index contributed by atoms with van der Waals surface area (Å²) in [4.78, 5) is 16.0. The van der Waals surface area contributed by atoms with Gasteiger partial charge in [-0.2, -0.15) is 0 Å². The molecule has 0 aliphatic heterocycles. The Morgan fingerprint density at radius 1 is 1.11 bits per heavy atom. The van der Waals surface area contributed by atoms with E-state index in [-0.39, 0.29) is 5.91 Å². The van der Waals surface area contributed by atoms with Gasteiger partial charge in [0.2, 0.25) is 0 Å². The third-order valence-corrected chi connectivity index (χ3v) is 4.28. The lowest BCUT2D eigenvalue weighted by Gasteiger charge is -2.13. The van der Waals surface area contributed by atoms with Gasteiger partial charge in [-0.1, -0.05) is 24.3 Å². The van der Waals surface area contributed by atoms with Crippen molar-refractivity contribution in [2.75, 3.05) is 27.7 Å². The molecule has 6 heteroatoms. The minimum atomic E-state index is -0.0733. The van der Waals surface area contributed by atoms with Crippen molar-refractivity contribution in [3.05, 3.63) is 64.7 Å². The molecule has 0 bridgehead atoms. The third kappa shape index (κ3) is 6.02. The number of benzene rings is 2. The van der Waals surface area contributed by atoms with Crippen LogP contribution in [0, 0.1) is 6.92 Å². The molecule has 2 aromatic rings. The summed E-state index contributed by atoms with van der Waals surface area (Å²) in [5, 5.41) is 9.24. The Bertz CT molecular complexity index is 803. The van der Waals surface area contributed by atoms with Crippen LogP contribution in [-0.4, -0.2) is 39.6 Å². The molecule has 2 aromatic carbocycles. The van der Waals surface area contributed by atoms with Crippen LogP contribution in [0.4, 0.5) is 0 Å². The Labute approximate surface area is 161 Å². The van der Waals surface area contributed by atoms with Gasteiger partial charge in [0.25, 0.3) is 5.91 Å².